The van der Waals surface area contributed by atoms with Gasteiger partial charge < -0.3 is 25.0 Å². The first-order chi connectivity index (χ1) is 25.9. The summed E-state index contributed by atoms with van der Waals surface area (Å²) < 4.78 is 11.7. The molecule has 2 aliphatic carbocycles. The molecule has 288 valence electrons. The third-order valence-electron chi connectivity index (χ3n) is 11.2. The lowest BCUT2D eigenvalue weighted by molar-refractivity contribution is -0.146. The van der Waals surface area contributed by atoms with Crippen LogP contribution in [-0.2, 0) is 45.1 Å². The van der Waals surface area contributed by atoms with Crippen molar-refractivity contribution in [1.82, 2.24) is 20.4 Å². The molecule has 10 nitrogen and oxygen atoms in total. The molecule has 0 radical (unpaired) electrons. The first-order valence-corrected chi connectivity index (χ1v) is 19.6. The van der Waals surface area contributed by atoms with Crippen LogP contribution in [0, 0.1) is 5.92 Å². The van der Waals surface area contributed by atoms with Gasteiger partial charge in [-0.25, -0.2) is 4.79 Å². The Morgan fingerprint density at radius 3 is 2.33 bits per heavy atom. The van der Waals surface area contributed by atoms with Crippen LogP contribution in [0.5, 0.6) is 5.75 Å². The zero-order chi connectivity index (χ0) is 38.4. The molecule has 54 heavy (non-hydrogen) atoms. The number of likely N-dealkylation sites (N-methyl/N-ethyl adjacent to an activating group) is 1. The molecule has 4 amide bonds. The first kappa shape index (κ1) is 38.9. The summed E-state index contributed by atoms with van der Waals surface area (Å²) in [6.07, 6.45) is 7.02. The van der Waals surface area contributed by atoms with Crippen LogP contribution in [-0.4, -0.2) is 64.4 Å². The smallest absolute Gasteiger partial charge is 0.410 e. The minimum absolute atomic E-state index is 0.106. The van der Waals surface area contributed by atoms with Crippen LogP contribution in [0.25, 0.3) is 0 Å². The van der Waals surface area contributed by atoms with Crippen molar-refractivity contribution in [3.63, 3.8) is 0 Å². The molecule has 1 fully saturated rings. The second-order valence-corrected chi connectivity index (χ2v) is 16.2. The number of carbonyl (C=O) groups is 4. The highest BCUT2D eigenvalue weighted by atomic mass is 16.6. The number of nitrogens with zero attached hydrogens (tertiary/aromatic N) is 2. The Morgan fingerprint density at radius 2 is 1.59 bits per heavy atom. The van der Waals surface area contributed by atoms with Gasteiger partial charge in [-0.15, -0.1) is 0 Å². The Balaban J connectivity index is 1.28. The maximum Gasteiger partial charge on any atom is 0.410 e. The fourth-order valence-corrected chi connectivity index (χ4v) is 8.00. The van der Waals surface area contributed by atoms with E-state index in [1.54, 1.807) is 32.6 Å². The van der Waals surface area contributed by atoms with Gasteiger partial charge in [0, 0.05) is 20.0 Å². The highest BCUT2D eigenvalue weighted by Crippen LogP contribution is 2.34. The highest BCUT2D eigenvalue weighted by Gasteiger charge is 2.42. The lowest BCUT2D eigenvalue weighted by Crippen LogP contribution is -2.61. The maximum atomic E-state index is 15.1. The summed E-state index contributed by atoms with van der Waals surface area (Å²) in [5.74, 6) is -0.353. The predicted molar refractivity (Wildman–Crippen MR) is 207 cm³/mol. The number of rotatable bonds is 10. The largest absolute Gasteiger partial charge is 0.489 e. The molecule has 6 rings (SSSR count). The van der Waals surface area contributed by atoms with Crippen molar-refractivity contribution in [1.29, 1.82) is 0 Å². The van der Waals surface area contributed by atoms with Crippen LogP contribution >= 0.6 is 0 Å². The standard InChI is InChI=1S/C44H56N4O6/c1-29(47(5)43(52)54-44(2,3)4)40(49)46-39(32-18-10-7-11-19-32)42(51)48-27-34-25-35(53-28-30-15-8-6-9-16-30)24-23-33(34)26-38(48)41(50)45-37-22-14-20-31-17-12-13-21-36(31)37/h6,8-9,12-13,15-17,21,23-25,29,32,37-39H,7,10-11,14,18-20,22,26-28H2,1-5H3,(H,45,50)(H,46,49)/t29-,37-,38-,39-/m0/s1. The summed E-state index contributed by atoms with van der Waals surface area (Å²) in [4.78, 5) is 59.2. The highest BCUT2D eigenvalue weighted by molar-refractivity contribution is 5.94. The molecule has 0 spiro atoms. The number of aryl methyl sites for hydroxylation is 1. The average molecular weight is 737 g/mol. The summed E-state index contributed by atoms with van der Waals surface area (Å²) in [6, 6.07) is 21.4. The SMILES string of the molecule is C[C@@H](C(=O)N[C@H](C(=O)N1Cc2cc(OCc3ccccc3)ccc2C[C@H]1C(=O)N[C@H]1CCCc2ccccc21)C1CCCCC1)N(C)C(=O)OC(C)(C)C. The van der Waals surface area contributed by atoms with Gasteiger partial charge in [0.05, 0.1) is 6.04 Å². The maximum absolute atomic E-state index is 15.1. The molecule has 0 bridgehead atoms. The Labute approximate surface area is 320 Å². The Hall–Kier alpha value is -4.86. The number of fused-ring (bicyclic) bond motifs is 2. The Morgan fingerprint density at radius 1 is 0.870 bits per heavy atom. The second-order valence-electron chi connectivity index (χ2n) is 16.2. The molecule has 1 saturated carbocycles. The third kappa shape index (κ3) is 9.43. The van der Waals surface area contributed by atoms with Gasteiger partial charge in [0.1, 0.15) is 36.1 Å². The van der Waals surface area contributed by atoms with Crippen LogP contribution in [0.4, 0.5) is 4.79 Å². The zero-order valence-electron chi connectivity index (χ0n) is 32.4. The Kier molecular flexibility index (Phi) is 12.3. The summed E-state index contributed by atoms with van der Waals surface area (Å²) in [5.41, 5.74) is 4.58. The number of carbonyl (C=O) groups excluding carboxylic acids is 4. The fraction of sp³-hybridized carbons (Fsp3) is 0.500. The molecule has 0 saturated heterocycles. The summed E-state index contributed by atoms with van der Waals surface area (Å²) in [6.45, 7) is 7.56. The molecule has 10 heteroatoms. The van der Waals surface area contributed by atoms with E-state index >= 15 is 4.79 Å². The van der Waals surface area contributed by atoms with E-state index in [1.807, 2.05) is 60.7 Å². The molecule has 0 aromatic heterocycles. The third-order valence-corrected chi connectivity index (χ3v) is 11.2. The minimum Gasteiger partial charge on any atom is -0.489 e. The van der Waals surface area contributed by atoms with E-state index in [-0.39, 0.29) is 30.3 Å². The van der Waals surface area contributed by atoms with Gasteiger partial charge in [0.15, 0.2) is 0 Å². The summed E-state index contributed by atoms with van der Waals surface area (Å²) in [7, 11) is 1.53. The average Bonchev–Trinajstić information content (AvgIpc) is 3.17. The quantitative estimate of drug-likeness (QED) is 0.231. The zero-order valence-corrected chi connectivity index (χ0v) is 32.4. The first-order valence-electron chi connectivity index (χ1n) is 19.6. The Bertz CT molecular complexity index is 1800. The molecule has 4 atom stereocenters. The second kappa shape index (κ2) is 17.1. The van der Waals surface area contributed by atoms with Gasteiger partial charge in [-0.2, -0.15) is 0 Å². The number of ether oxygens (including phenoxy) is 2. The van der Waals surface area contributed by atoms with E-state index in [2.05, 4.69) is 22.8 Å². The molecule has 1 aliphatic heterocycles. The molecule has 3 aromatic rings. The van der Waals surface area contributed by atoms with E-state index in [1.165, 1.54) is 17.5 Å². The lowest BCUT2D eigenvalue weighted by Gasteiger charge is -2.41. The van der Waals surface area contributed by atoms with Crippen LogP contribution in [0.1, 0.15) is 106 Å². The van der Waals surface area contributed by atoms with E-state index in [9.17, 15) is 14.4 Å². The van der Waals surface area contributed by atoms with E-state index < -0.39 is 35.7 Å². The summed E-state index contributed by atoms with van der Waals surface area (Å²) in [5, 5.41) is 6.40. The van der Waals surface area contributed by atoms with E-state index in [0.717, 1.165) is 73.6 Å². The molecule has 2 N–H and O–H groups in total. The minimum atomic E-state index is -0.893. The number of amides is 4. The van der Waals surface area contributed by atoms with Crippen molar-refractivity contribution in [2.24, 2.45) is 5.92 Å². The van der Waals surface area contributed by atoms with Gasteiger partial charge in [-0.05, 0) is 106 Å². The van der Waals surface area contributed by atoms with Crippen LogP contribution in [0.15, 0.2) is 72.8 Å². The summed E-state index contributed by atoms with van der Waals surface area (Å²) >= 11 is 0. The fourth-order valence-electron chi connectivity index (χ4n) is 8.00. The molecule has 1 heterocycles. The van der Waals surface area contributed by atoms with Crippen LogP contribution in [0.3, 0.4) is 0 Å². The molecule has 0 unspecified atom stereocenters. The van der Waals surface area contributed by atoms with Crippen molar-refractivity contribution in [3.8, 4) is 5.75 Å². The van der Waals surface area contributed by atoms with Gasteiger partial charge in [0.25, 0.3) is 0 Å². The number of benzene rings is 3. The van der Waals surface area contributed by atoms with Gasteiger partial charge in [-0.1, -0.05) is 79.9 Å². The number of nitrogens with one attached hydrogen (secondary N) is 2. The topological polar surface area (TPSA) is 117 Å². The monoisotopic (exact) mass is 736 g/mol. The lowest BCUT2D eigenvalue weighted by atomic mass is 9.82. The molecular weight excluding hydrogens is 681 g/mol. The molecule has 3 aromatic carbocycles. The number of hydrogen-bond acceptors (Lipinski definition) is 6. The molecular formula is C44H56N4O6. The van der Waals surface area contributed by atoms with Gasteiger partial charge in [0.2, 0.25) is 17.7 Å². The predicted octanol–water partition coefficient (Wildman–Crippen LogP) is 7.03. The van der Waals surface area contributed by atoms with Crippen molar-refractivity contribution in [3.05, 3.63) is 101 Å². The van der Waals surface area contributed by atoms with Crippen LogP contribution in [0.2, 0.25) is 0 Å². The van der Waals surface area contributed by atoms with Crippen molar-refractivity contribution >= 4 is 23.8 Å². The van der Waals surface area contributed by atoms with Crippen LogP contribution < -0.4 is 15.4 Å². The normalized spacial score (nSPS) is 19.7. The van der Waals surface area contributed by atoms with E-state index in [0.29, 0.717) is 18.8 Å². The van der Waals surface area contributed by atoms with Crippen molar-refractivity contribution in [2.75, 3.05) is 7.05 Å². The van der Waals surface area contributed by atoms with E-state index in [4.69, 9.17) is 9.47 Å². The van der Waals surface area contributed by atoms with Gasteiger partial charge in [-0.3, -0.25) is 19.3 Å². The van der Waals surface area contributed by atoms with Crippen molar-refractivity contribution in [2.45, 2.75) is 128 Å². The number of hydrogen-bond donors (Lipinski definition) is 2. The molecule has 3 aliphatic rings. The van der Waals surface area contributed by atoms with Crippen molar-refractivity contribution < 1.29 is 28.7 Å². The van der Waals surface area contributed by atoms with Gasteiger partial charge >= 0.3 is 6.09 Å².